The number of rotatable bonds is 5. The Morgan fingerprint density at radius 2 is 2.27 bits per heavy atom. The molecule has 1 saturated heterocycles. The van der Waals surface area contributed by atoms with E-state index in [9.17, 15) is 9.59 Å². The zero-order valence-electron chi connectivity index (χ0n) is 12.4. The average Bonchev–Trinajstić information content (AvgIpc) is 3.05. The molecule has 0 saturated carbocycles. The molecule has 0 aliphatic carbocycles. The highest BCUT2D eigenvalue weighted by molar-refractivity contribution is 8.00. The largest absolute Gasteiger partial charge is 0.381 e. The maximum Gasteiger partial charge on any atom is 0.237 e. The fraction of sp³-hybridized carbons (Fsp3) is 0.500. The number of fused-ring (bicyclic) bond motifs is 1. The fourth-order valence-electron chi connectivity index (χ4n) is 2.70. The van der Waals surface area contributed by atoms with Gasteiger partial charge in [0.1, 0.15) is 0 Å². The fourth-order valence-corrected chi connectivity index (χ4v) is 3.64. The molecule has 118 valence electrons. The lowest BCUT2D eigenvalue weighted by molar-refractivity contribution is -0.121. The molecule has 0 aromatic heterocycles. The summed E-state index contributed by atoms with van der Waals surface area (Å²) in [6.45, 7) is 2.62. The van der Waals surface area contributed by atoms with Gasteiger partial charge in [0.2, 0.25) is 11.8 Å². The second-order valence-electron chi connectivity index (χ2n) is 5.59. The van der Waals surface area contributed by atoms with Gasteiger partial charge in [0, 0.05) is 36.9 Å². The van der Waals surface area contributed by atoms with E-state index < -0.39 is 0 Å². The molecule has 1 aromatic carbocycles. The number of carbonyl (C=O) groups is 2. The van der Waals surface area contributed by atoms with Crippen molar-refractivity contribution in [1.82, 2.24) is 5.32 Å². The third kappa shape index (κ3) is 3.62. The number of amides is 2. The van der Waals surface area contributed by atoms with Gasteiger partial charge in [-0.3, -0.25) is 9.59 Å². The van der Waals surface area contributed by atoms with Crippen LogP contribution in [-0.4, -0.2) is 43.9 Å². The van der Waals surface area contributed by atoms with Crippen LogP contribution in [0.25, 0.3) is 0 Å². The number of benzene rings is 1. The highest BCUT2D eigenvalue weighted by Crippen LogP contribution is 2.34. The van der Waals surface area contributed by atoms with Crippen molar-refractivity contribution < 1.29 is 14.3 Å². The number of hydrogen-bond acceptors (Lipinski definition) is 4. The van der Waals surface area contributed by atoms with Gasteiger partial charge >= 0.3 is 0 Å². The van der Waals surface area contributed by atoms with Crippen LogP contribution in [0.2, 0.25) is 0 Å². The number of carbonyl (C=O) groups excluding carboxylic acids is 2. The van der Waals surface area contributed by atoms with Crippen molar-refractivity contribution in [2.75, 3.05) is 37.0 Å². The zero-order valence-corrected chi connectivity index (χ0v) is 13.2. The minimum absolute atomic E-state index is 0.00425. The molecule has 2 aliphatic rings. The van der Waals surface area contributed by atoms with Gasteiger partial charge in [-0.1, -0.05) is 12.1 Å². The summed E-state index contributed by atoms with van der Waals surface area (Å²) in [5.41, 5.74) is 0.917. The van der Waals surface area contributed by atoms with Crippen LogP contribution in [0.4, 0.5) is 5.69 Å². The first kappa shape index (κ1) is 15.4. The molecule has 1 aromatic rings. The maximum absolute atomic E-state index is 12.1. The van der Waals surface area contributed by atoms with Crippen molar-refractivity contribution in [2.45, 2.75) is 17.7 Å². The number of nitrogens with zero attached hydrogens (tertiary/aromatic N) is 1. The van der Waals surface area contributed by atoms with E-state index in [0.29, 0.717) is 31.2 Å². The van der Waals surface area contributed by atoms with Gasteiger partial charge in [-0.15, -0.1) is 11.8 Å². The van der Waals surface area contributed by atoms with E-state index in [-0.39, 0.29) is 11.8 Å². The summed E-state index contributed by atoms with van der Waals surface area (Å²) in [5, 5.41) is 2.94. The lowest BCUT2D eigenvalue weighted by Gasteiger charge is -2.28. The first-order valence-electron chi connectivity index (χ1n) is 7.60. The summed E-state index contributed by atoms with van der Waals surface area (Å²) in [6, 6.07) is 7.84. The van der Waals surface area contributed by atoms with Crippen LogP contribution in [0.5, 0.6) is 0 Å². The Kier molecular flexibility index (Phi) is 5.00. The van der Waals surface area contributed by atoms with Crippen molar-refractivity contribution in [3.8, 4) is 0 Å². The lowest BCUT2D eigenvalue weighted by Crippen LogP contribution is -2.39. The summed E-state index contributed by atoms with van der Waals surface area (Å²) in [4.78, 5) is 26.9. The Labute approximate surface area is 134 Å². The van der Waals surface area contributed by atoms with Crippen LogP contribution < -0.4 is 10.2 Å². The Morgan fingerprint density at radius 3 is 3.09 bits per heavy atom. The van der Waals surface area contributed by atoms with E-state index >= 15 is 0 Å². The molecule has 5 nitrogen and oxygen atoms in total. The molecule has 2 heterocycles. The smallest absolute Gasteiger partial charge is 0.237 e. The number of hydrogen-bond donors (Lipinski definition) is 1. The van der Waals surface area contributed by atoms with E-state index in [4.69, 9.17) is 4.74 Å². The summed E-state index contributed by atoms with van der Waals surface area (Å²) in [6.07, 6.45) is 1.34. The second kappa shape index (κ2) is 7.15. The standard InChI is InChI=1S/C16H20N2O3S/c19-15(17-9-12-6-8-21-10-12)5-7-18-13-3-1-2-4-14(13)22-11-16(18)20/h1-4,12H,5-11H2,(H,17,19)/t12-/m1/s1. The van der Waals surface area contributed by atoms with Gasteiger partial charge in [-0.2, -0.15) is 0 Å². The Morgan fingerprint density at radius 1 is 1.41 bits per heavy atom. The molecular formula is C16H20N2O3S. The van der Waals surface area contributed by atoms with Crippen LogP contribution >= 0.6 is 11.8 Å². The van der Waals surface area contributed by atoms with Crippen molar-refractivity contribution >= 4 is 29.3 Å². The van der Waals surface area contributed by atoms with Crippen LogP contribution in [0.3, 0.4) is 0 Å². The van der Waals surface area contributed by atoms with Crippen molar-refractivity contribution in [2.24, 2.45) is 5.92 Å². The van der Waals surface area contributed by atoms with Crippen LogP contribution in [0.1, 0.15) is 12.8 Å². The molecule has 1 N–H and O–H groups in total. The van der Waals surface area contributed by atoms with Crippen LogP contribution in [0.15, 0.2) is 29.2 Å². The van der Waals surface area contributed by atoms with E-state index in [1.54, 1.807) is 16.7 Å². The minimum atomic E-state index is -0.00425. The first-order chi connectivity index (χ1) is 10.7. The van der Waals surface area contributed by atoms with Gasteiger partial charge in [-0.25, -0.2) is 0 Å². The van der Waals surface area contributed by atoms with Crippen LogP contribution in [-0.2, 0) is 14.3 Å². The molecule has 0 bridgehead atoms. The normalized spacial score (nSPS) is 20.8. The van der Waals surface area contributed by atoms with Crippen molar-refractivity contribution in [1.29, 1.82) is 0 Å². The molecular weight excluding hydrogens is 300 g/mol. The van der Waals surface area contributed by atoms with Crippen molar-refractivity contribution in [3.63, 3.8) is 0 Å². The number of anilines is 1. The monoisotopic (exact) mass is 320 g/mol. The number of ether oxygens (including phenoxy) is 1. The highest BCUT2D eigenvalue weighted by atomic mass is 32.2. The quantitative estimate of drug-likeness (QED) is 0.896. The van der Waals surface area contributed by atoms with Gasteiger partial charge in [0.25, 0.3) is 0 Å². The van der Waals surface area contributed by atoms with E-state index in [0.717, 1.165) is 30.2 Å². The molecule has 6 heteroatoms. The molecule has 1 atom stereocenters. The van der Waals surface area contributed by atoms with Gasteiger partial charge in [0.05, 0.1) is 18.0 Å². The molecule has 2 aliphatic heterocycles. The Hall–Kier alpha value is -1.53. The third-order valence-electron chi connectivity index (χ3n) is 3.98. The summed E-state index contributed by atoms with van der Waals surface area (Å²) in [7, 11) is 0. The predicted molar refractivity (Wildman–Crippen MR) is 86.1 cm³/mol. The zero-order chi connectivity index (χ0) is 15.4. The number of para-hydroxylation sites is 1. The Bertz CT molecular complexity index is 558. The van der Waals surface area contributed by atoms with Crippen LogP contribution in [0, 0.1) is 5.92 Å². The summed E-state index contributed by atoms with van der Waals surface area (Å²) < 4.78 is 5.29. The number of thioether (sulfide) groups is 1. The van der Waals surface area contributed by atoms with E-state index in [1.807, 2.05) is 24.3 Å². The molecule has 2 amide bonds. The molecule has 3 rings (SSSR count). The molecule has 0 spiro atoms. The SMILES string of the molecule is O=C(CCN1C(=O)CSc2ccccc21)NC[C@H]1CCOC1. The van der Waals surface area contributed by atoms with Gasteiger partial charge in [0.15, 0.2) is 0 Å². The molecule has 1 fully saturated rings. The van der Waals surface area contributed by atoms with Gasteiger partial charge < -0.3 is 15.0 Å². The number of nitrogens with one attached hydrogen (secondary N) is 1. The first-order valence-corrected chi connectivity index (χ1v) is 8.59. The predicted octanol–water partition coefficient (Wildman–Crippen LogP) is 1.67. The van der Waals surface area contributed by atoms with Crippen molar-refractivity contribution in [3.05, 3.63) is 24.3 Å². The lowest BCUT2D eigenvalue weighted by atomic mass is 10.1. The molecule has 0 unspecified atom stereocenters. The topological polar surface area (TPSA) is 58.6 Å². The summed E-state index contributed by atoms with van der Waals surface area (Å²) >= 11 is 1.56. The third-order valence-corrected chi connectivity index (χ3v) is 5.03. The average molecular weight is 320 g/mol. The van der Waals surface area contributed by atoms with E-state index in [2.05, 4.69) is 5.32 Å². The van der Waals surface area contributed by atoms with Gasteiger partial charge in [-0.05, 0) is 18.6 Å². The molecule has 22 heavy (non-hydrogen) atoms. The maximum atomic E-state index is 12.1. The Balaban J connectivity index is 1.52. The second-order valence-corrected chi connectivity index (χ2v) is 6.60. The summed E-state index contributed by atoms with van der Waals surface area (Å²) in [5.74, 6) is 0.937. The minimum Gasteiger partial charge on any atom is -0.381 e. The van der Waals surface area contributed by atoms with E-state index in [1.165, 1.54) is 0 Å². The highest BCUT2D eigenvalue weighted by Gasteiger charge is 2.24. The molecule has 0 radical (unpaired) electrons.